The first-order valence-electron chi connectivity index (χ1n) is 10.1. The molecule has 4 rings (SSSR count). The predicted molar refractivity (Wildman–Crippen MR) is 128 cm³/mol. The van der Waals surface area contributed by atoms with Crippen LogP contribution in [0.2, 0.25) is 0 Å². The lowest BCUT2D eigenvalue weighted by molar-refractivity contribution is 0.868. The van der Waals surface area contributed by atoms with Gasteiger partial charge in [-0.15, -0.1) is 11.3 Å². The molecule has 0 aliphatic rings. The van der Waals surface area contributed by atoms with Gasteiger partial charge in [0.1, 0.15) is 0 Å². The highest BCUT2D eigenvalue weighted by molar-refractivity contribution is 7.14. The number of rotatable bonds is 6. The molecule has 2 aromatic heterocycles. The van der Waals surface area contributed by atoms with Gasteiger partial charge in [-0.25, -0.2) is 9.97 Å². The third-order valence-corrected chi connectivity index (χ3v) is 5.96. The van der Waals surface area contributed by atoms with Crippen molar-refractivity contribution in [3.8, 4) is 16.9 Å². The highest BCUT2D eigenvalue weighted by Gasteiger charge is 2.12. The summed E-state index contributed by atoms with van der Waals surface area (Å²) < 4.78 is 2.02. The Morgan fingerprint density at radius 2 is 1.80 bits per heavy atom. The minimum Gasteiger partial charge on any atom is -0.388 e. The van der Waals surface area contributed by atoms with E-state index in [1.54, 1.807) is 11.3 Å². The Hall–Kier alpha value is -3.12. The fraction of sp³-hybridized carbons (Fsp3) is 0.250. The van der Waals surface area contributed by atoms with Crippen LogP contribution in [0.3, 0.4) is 0 Å². The van der Waals surface area contributed by atoms with Crippen molar-refractivity contribution < 1.29 is 0 Å². The molecule has 6 heteroatoms. The molecule has 30 heavy (non-hydrogen) atoms. The number of aromatic nitrogens is 3. The average molecular weight is 418 g/mol. The minimum atomic E-state index is 0.443. The van der Waals surface area contributed by atoms with Crippen LogP contribution in [-0.4, -0.2) is 21.6 Å². The zero-order valence-electron chi connectivity index (χ0n) is 18.0. The van der Waals surface area contributed by atoms with Crippen LogP contribution >= 0.6 is 11.3 Å². The Morgan fingerprint density at radius 1 is 1.03 bits per heavy atom. The van der Waals surface area contributed by atoms with Gasteiger partial charge >= 0.3 is 0 Å². The Balaban J connectivity index is 1.55. The molecule has 0 saturated carbocycles. The molecular formula is C24H27N5S. The molecule has 0 saturated heterocycles. The second-order valence-corrected chi connectivity index (χ2v) is 8.65. The number of nitrogens with zero attached hydrogens (tertiary/aromatic N) is 3. The van der Waals surface area contributed by atoms with E-state index in [2.05, 4.69) is 78.2 Å². The number of nitrogens with one attached hydrogen (secondary N) is 2. The highest BCUT2D eigenvalue weighted by atomic mass is 32.1. The molecule has 5 nitrogen and oxygen atoms in total. The van der Waals surface area contributed by atoms with Crippen LogP contribution in [0.15, 0.2) is 54.3 Å². The van der Waals surface area contributed by atoms with E-state index >= 15 is 0 Å². The SMILES string of the molecule is CNc1cc(C)c(Nc2nc(-c3ccc(-n4cnc(C)c4)cc3)cs2)cc1C(C)C. The molecule has 2 aromatic carbocycles. The summed E-state index contributed by atoms with van der Waals surface area (Å²) in [7, 11) is 1.97. The zero-order chi connectivity index (χ0) is 21.3. The maximum Gasteiger partial charge on any atom is 0.187 e. The monoisotopic (exact) mass is 417 g/mol. The Labute approximate surface area is 181 Å². The third kappa shape index (κ3) is 4.09. The van der Waals surface area contributed by atoms with Crippen molar-refractivity contribution in [1.82, 2.24) is 14.5 Å². The molecule has 154 valence electrons. The lowest BCUT2D eigenvalue weighted by Crippen LogP contribution is -2.01. The smallest absolute Gasteiger partial charge is 0.187 e. The van der Waals surface area contributed by atoms with Gasteiger partial charge in [-0.2, -0.15) is 0 Å². The largest absolute Gasteiger partial charge is 0.388 e. The first-order chi connectivity index (χ1) is 14.4. The van der Waals surface area contributed by atoms with Crippen LogP contribution in [0.4, 0.5) is 16.5 Å². The number of aryl methyl sites for hydroxylation is 2. The zero-order valence-corrected chi connectivity index (χ0v) is 18.8. The first kappa shape index (κ1) is 20.2. The van der Waals surface area contributed by atoms with Gasteiger partial charge in [0.05, 0.1) is 17.7 Å². The Kier molecular flexibility index (Phi) is 5.59. The lowest BCUT2D eigenvalue weighted by atomic mass is 9.98. The van der Waals surface area contributed by atoms with Gasteiger partial charge in [-0.3, -0.25) is 0 Å². The Morgan fingerprint density at radius 3 is 2.43 bits per heavy atom. The molecule has 0 amide bonds. The van der Waals surface area contributed by atoms with Crippen molar-refractivity contribution in [2.45, 2.75) is 33.6 Å². The fourth-order valence-corrected chi connectivity index (χ4v) is 4.23. The second-order valence-electron chi connectivity index (χ2n) is 7.79. The van der Waals surface area contributed by atoms with Crippen LogP contribution < -0.4 is 10.6 Å². The predicted octanol–water partition coefficient (Wildman–Crippen LogP) is 6.52. The van der Waals surface area contributed by atoms with Gasteiger partial charge in [0.2, 0.25) is 0 Å². The quantitative estimate of drug-likeness (QED) is 0.375. The molecule has 0 atom stereocenters. The summed E-state index contributed by atoms with van der Waals surface area (Å²) in [5, 5.41) is 9.82. The number of benzene rings is 2. The molecule has 0 bridgehead atoms. The van der Waals surface area contributed by atoms with Crippen molar-refractivity contribution in [3.63, 3.8) is 0 Å². The fourth-order valence-electron chi connectivity index (χ4n) is 3.50. The average Bonchev–Trinajstić information content (AvgIpc) is 3.38. The van der Waals surface area contributed by atoms with Crippen LogP contribution in [0.5, 0.6) is 0 Å². The van der Waals surface area contributed by atoms with E-state index in [1.807, 2.05) is 31.1 Å². The van der Waals surface area contributed by atoms with E-state index in [9.17, 15) is 0 Å². The maximum atomic E-state index is 4.81. The van der Waals surface area contributed by atoms with E-state index in [1.165, 1.54) is 16.8 Å². The van der Waals surface area contributed by atoms with Gasteiger partial charge in [0, 0.05) is 41.3 Å². The Bertz CT molecular complexity index is 1150. The summed E-state index contributed by atoms with van der Waals surface area (Å²) in [5.74, 6) is 0.443. The van der Waals surface area contributed by atoms with E-state index in [0.29, 0.717) is 5.92 Å². The summed E-state index contributed by atoms with van der Waals surface area (Å²) in [6.45, 7) is 8.54. The van der Waals surface area contributed by atoms with E-state index in [0.717, 1.165) is 33.5 Å². The molecule has 0 aliphatic heterocycles. The number of thiazole rings is 1. The summed E-state index contributed by atoms with van der Waals surface area (Å²) in [6, 6.07) is 12.8. The molecule has 0 aliphatic carbocycles. The van der Waals surface area contributed by atoms with Crippen molar-refractivity contribution in [2.24, 2.45) is 0 Å². The van der Waals surface area contributed by atoms with E-state index < -0.39 is 0 Å². The second kappa shape index (κ2) is 8.32. The normalized spacial score (nSPS) is 11.1. The van der Waals surface area contributed by atoms with Crippen molar-refractivity contribution in [3.05, 3.63) is 71.1 Å². The van der Waals surface area contributed by atoms with Gasteiger partial charge in [0.15, 0.2) is 5.13 Å². The molecule has 0 fully saturated rings. The van der Waals surface area contributed by atoms with E-state index in [-0.39, 0.29) is 0 Å². The lowest BCUT2D eigenvalue weighted by Gasteiger charge is -2.17. The van der Waals surface area contributed by atoms with Crippen LogP contribution in [-0.2, 0) is 0 Å². The van der Waals surface area contributed by atoms with Gasteiger partial charge in [0.25, 0.3) is 0 Å². The van der Waals surface area contributed by atoms with E-state index in [4.69, 9.17) is 4.98 Å². The molecule has 4 aromatic rings. The minimum absolute atomic E-state index is 0.443. The summed E-state index contributed by atoms with van der Waals surface area (Å²) >= 11 is 1.62. The van der Waals surface area contributed by atoms with Gasteiger partial charge in [-0.1, -0.05) is 26.0 Å². The maximum absolute atomic E-state index is 4.81. The third-order valence-electron chi connectivity index (χ3n) is 5.21. The molecule has 0 radical (unpaired) electrons. The van der Waals surface area contributed by atoms with Gasteiger partial charge in [-0.05, 0) is 55.2 Å². The first-order valence-corrected chi connectivity index (χ1v) is 11.0. The van der Waals surface area contributed by atoms with Gasteiger partial charge < -0.3 is 15.2 Å². The van der Waals surface area contributed by atoms with Crippen molar-refractivity contribution in [2.75, 3.05) is 17.7 Å². The van der Waals surface area contributed by atoms with Crippen molar-refractivity contribution in [1.29, 1.82) is 0 Å². The van der Waals surface area contributed by atoms with Crippen molar-refractivity contribution >= 4 is 27.8 Å². The summed E-state index contributed by atoms with van der Waals surface area (Å²) in [6.07, 6.45) is 3.86. The van der Waals surface area contributed by atoms with Crippen LogP contribution in [0, 0.1) is 13.8 Å². The topological polar surface area (TPSA) is 54.8 Å². The highest BCUT2D eigenvalue weighted by Crippen LogP contribution is 2.33. The number of hydrogen-bond acceptors (Lipinski definition) is 5. The summed E-state index contributed by atoms with van der Waals surface area (Å²) in [4.78, 5) is 9.10. The summed E-state index contributed by atoms with van der Waals surface area (Å²) in [5.41, 5.74) is 8.95. The molecule has 2 N–H and O–H groups in total. The molecule has 2 heterocycles. The molecular weight excluding hydrogens is 390 g/mol. The van der Waals surface area contributed by atoms with Crippen LogP contribution in [0.1, 0.15) is 36.6 Å². The number of anilines is 3. The molecule has 0 unspecified atom stereocenters. The number of hydrogen-bond donors (Lipinski definition) is 2. The molecule has 0 spiro atoms. The van der Waals surface area contributed by atoms with Crippen LogP contribution in [0.25, 0.3) is 16.9 Å². The number of imidazole rings is 1. The standard InChI is InChI=1S/C24H27N5S/c1-15(2)20-11-21(16(3)10-22(20)25-5)27-24-28-23(13-30-24)18-6-8-19(9-7-18)29-12-17(4)26-14-29/h6-15,25H,1-5H3,(H,27,28).